The lowest BCUT2D eigenvalue weighted by atomic mass is 10.2. The fraction of sp³-hybridized carbons (Fsp3) is 0.143. The van der Waals surface area contributed by atoms with Crippen LogP contribution < -0.4 is 5.14 Å². The van der Waals surface area contributed by atoms with Crippen LogP contribution in [0.2, 0.25) is 0 Å². The van der Waals surface area contributed by atoms with Crippen LogP contribution in [0, 0.1) is 17.3 Å². The number of aromatic nitrogens is 1. The molecule has 0 aliphatic rings. The van der Waals surface area contributed by atoms with Crippen LogP contribution in [0.4, 0.5) is 13.2 Å². The van der Waals surface area contributed by atoms with Crippen molar-refractivity contribution in [3.8, 4) is 6.07 Å². The average molecular weight is 251 g/mol. The van der Waals surface area contributed by atoms with Gasteiger partial charge in [0.25, 0.3) is 6.43 Å². The van der Waals surface area contributed by atoms with Crippen molar-refractivity contribution in [3.05, 3.63) is 23.3 Å². The van der Waals surface area contributed by atoms with Gasteiger partial charge in [-0.2, -0.15) is 9.65 Å². The lowest BCUT2D eigenvalue weighted by Crippen LogP contribution is -2.16. The summed E-state index contributed by atoms with van der Waals surface area (Å²) < 4.78 is 59.3. The summed E-state index contributed by atoms with van der Waals surface area (Å²) in [4.78, 5) is 1.76. The zero-order chi connectivity index (χ0) is 12.5. The van der Waals surface area contributed by atoms with Crippen LogP contribution in [-0.4, -0.2) is 13.4 Å². The van der Waals surface area contributed by atoms with Crippen molar-refractivity contribution >= 4 is 10.0 Å². The number of nitrogens with zero attached hydrogens (tertiary/aromatic N) is 2. The zero-order valence-electron chi connectivity index (χ0n) is 7.49. The van der Waals surface area contributed by atoms with Gasteiger partial charge in [-0.25, -0.2) is 27.3 Å². The molecular formula is C7H4F3N3O2S. The molecular weight excluding hydrogens is 247 g/mol. The number of hydrogen-bond donors (Lipinski definition) is 1. The highest BCUT2D eigenvalue weighted by atomic mass is 32.2. The molecule has 0 atom stereocenters. The third-order valence-corrected chi connectivity index (χ3v) is 2.54. The quantitative estimate of drug-likeness (QED) is 0.781. The summed E-state index contributed by atoms with van der Waals surface area (Å²) in [5, 5.41) is 13.2. The van der Waals surface area contributed by atoms with E-state index in [0.29, 0.717) is 6.07 Å². The molecule has 0 saturated heterocycles. The number of primary sulfonamides is 1. The van der Waals surface area contributed by atoms with Gasteiger partial charge in [-0.1, -0.05) is 0 Å². The number of rotatable bonds is 2. The minimum atomic E-state index is -4.46. The van der Waals surface area contributed by atoms with Crippen LogP contribution in [0.1, 0.15) is 17.7 Å². The molecule has 5 nitrogen and oxygen atoms in total. The van der Waals surface area contributed by atoms with Crippen LogP contribution in [0.25, 0.3) is 0 Å². The number of nitrogens with two attached hydrogens (primary N) is 1. The Morgan fingerprint density at radius 3 is 2.44 bits per heavy atom. The fourth-order valence-corrected chi connectivity index (χ4v) is 1.70. The van der Waals surface area contributed by atoms with Crippen molar-refractivity contribution in [2.24, 2.45) is 5.14 Å². The Bertz CT molecular complexity index is 565. The van der Waals surface area contributed by atoms with E-state index >= 15 is 0 Å². The lowest BCUT2D eigenvalue weighted by molar-refractivity contribution is 0.144. The summed E-state index contributed by atoms with van der Waals surface area (Å²) in [5.41, 5.74) is -2.19. The Morgan fingerprint density at radius 1 is 1.50 bits per heavy atom. The molecule has 0 amide bonds. The molecule has 86 valence electrons. The molecule has 0 unspecified atom stereocenters. The first-order valence-corrected chi connectivity index (χ1v) is 5.23. The van der Waals surface area contributed by atoms with Crippen molar-refractivity contribution < 1.29 is 21.6 Å². The van der Waals surface area contributed by atoms with Crippen LogP contribution in [-0.2, 0) is 10.0 Å². The van der Waals surface area contributed by atoms with Gasteiger partial charge in [0, 0.05) is 6.07 Å². The van der Waals surface area contributed by atoms with E-state index in [1.165, 1.54) is 6.07 Å². The predicted octanol–water partition coefficient (Wildman–Crippen LogP) is 0.677. The van der Waals surface area contributed by atoms with E-state index in [-0.39, 0.29) is 0 Å². The van der Waals surface area contributed by atoms with Crippen molar-refractivity contribution in [2.45, 2.75) is 11.3 Å². The van der Waals surface area contributed by atoms with Gasteiger partial charge >= 0.3 is 0 Å². The van der Waals surface area contributed by atoms with Gasteiger partial charge in [-0.05, 0) is 0 Å². The standard InChI is InChI=1S/C7H4F3N3O2S/c8-5-1-4(16(12,14)15)3(2-11)6(13-5)7(9)10/h1,7H,(H2,12,14,15). The summed E-state index contributed by atoms with van der Waals surface area (Å²) in [5.74, 6) is -1.45. The van der Waals surface area contributed by atoms with Crippen LogP contribution in [0.5, 0.6) is 0 Å². The maximum atomic E-state index is 12.8. The van der Waals surface area contributed by atoms with Gasteiger partial charge in [0.1, 0.15) is 16.7 Å². The predicted molar refractivity (Wildman–Crippen MR) is 45.2 cm³/mol. The molecule has 1 heterocycles. The first-order chi connectivity index (χ1) is 7.27. The molecule has 16 heavy (non-hydrogen) atoms. The molecule has 9 heteroatoms. The Hall–Kier alpha value is -1.66. The van der Waals surface area contributed by atoms with E-state index in [4.69, 9.17) is 5.26 Å². The number of pyridine rings is 1. The number of sulfonamides is 1. The highest BCUT2D eigenvalue weighted by molar-refractivity contribution is 7.89. The van der Waals surface area contributed by atoms with Gasteiger partial charge in [-0.15, -0.1) is 0 Å². The molecule has 0 spiro atoms. The Morgan fingerprint density at radius 2 is 2.06 bits per heavy atom. The first-order valence-electron chi connectivity index (χ1n) is 3.69. The van der Waals surface area contributed by atoms with Crippen molar-refractivity contribution in [2.75, 3.05) is 0 Å². The number of halogens is 3. The maximum Gasteiger partial charge on any atom is 0.281 e. The van der Waals surface area contributed by atoms with Crippen molar-refractivity contribution in [3.63, 3.8) is 0 Å². The molecule has 0 aliphatic heterocycles. The van der Waals surface area contributed by atoms with E-state index < -0.39 is 38.5 Å². The smallest absolute Gasteiger partial charge is 0.225 e. The van der Waals surface area contributed by atoms with Gasteiger partial charge in [-0.3, -0.25) is 0 Å². The zero-order valence-corrected chi connectivity index (χ0v) is 8.30. The molecule has 0 radical (unpaired) electrons. The fourth-order valence-electron chi connectivity index (χ4n) is 1.00. The second-order valence-corrected chi connectivity index (χ2v) is 4.19. The molecule has 0 fully saturated rings. The summed E-state index contributed by atoms with van der Waals surface area (Å²) in [6, 6.07) is 1.53. The second kappa shape index (κ2) is 4.07. The molecule has 0 saturated carbocycles. The molecule has 0 aromatic carbocycles. The average Bonchev–Trinajstić information content (AvgIpc) is 2.14. The van der Waals surface area contributed by atoms with Gasteiger partial charge in [0.05, 0.1) is 5.56 Å². The topological polar surface area (TPSA) is 96.8 Å². The van der Waals surface area contributed by atoms with Crippen LogP contribution in [0.15, 0.2) is 11.0 Å². The van der Waals surface area contributed by atoms with E-state index in [1.54, 1.807) is 0 Å². The largest absolute Gasteiger partial charge is 0.281 e. The Labute approximate surface area is 88.4 Å². The maximum absolute atomic E-state index is 12.8. The highest BCUT2D eigenvalue weighted by Crippen LogP contribution is 2.25. The second-order valence-electron chi connectivity index (χ2n) is 2.66. The molecule has 0 aliphatic carbocycles. The van der Waals surface area contributed by atoms with Crippen molar-refractivity contribution in [1.82, 2.24) is 4.98 Å². The monoisotopic (exact) mass is 251 g/mol. The normalized spacial score (nSPS) is 11.5. The van der Waals surface area contributed by atoms with E-state index in [1.807, 2.05) is 0 Å². The number of alkyl halides is 2. The molecule has 1 rings (SSSR count). The molecule has 1 aromatic rings. The third kappa shape index (κ3) is 2.29. The van der Waals surface area contributed by atoms with Crippen LogP contribution >= 0.6 is 0 Å². The first kappa shape index (κ1) is 12.4. The Kier molecular flexibility index (Phi) is 3.16. The van der Waals surface area contributed by atoms with E-state index in [2.05, 4.69) is 10.1 Å². The lowest BCUT2D eigenvalue weighted by Gasteiger charge is -2.06. The number of nitriles is 1. The summed E-state index contributed by atoms with van der Waals surface area (Å²) in [6.07, 6.45) is -3.27. The van der Waals surface area contributed by atoms with E-state index in [0.717, 1.165) is 0 Å². The van der Waals surface area contributed by atoms with E-state index in [9.17, 15) is 21.6 Å². The Balaban J connectivity index is 3.71. The third-order valence-electron chi connectivity index (χ3n) is 1.61. The summed E-state index contributed by atoms with van der Waals surface area (Å²) >= 11 is 0. The SMILES string of the molecule is N#Cc1c(S(N)(=O)=O)cc(F)nc1C(F)F. The van der Waals surface area contributed by atoms with Gasteiger partial charge < -0.3 is 0 Å². The van der Waals surface area contributed by atoms with Gasteiger partial charge in [0.15, 0.2) is 0 Å². The number of hydrogen-bond acceptors (Lipinski definition) is 4. The van der Waals surface area contributed by atoms with Crippen LogP contribution in [0.3, 0.4) is 0 Å². The minimum Gasteiger partial charge on any atom is -0.225 e. The summed E-state index contributed by atoms with van der Waals surface area (Å²) in [6.45, 7) is 0. The van der Waals surface area contributed by atoms with Gasteiger partial charge in [0.2, 0.25) is 16.0 Å². The minimum absolute atomic E-state index is 0.319. The summed E-state index contributed by atoms with van der Waals surface area (Å²) in [7, 11) is -4.46. The van der Waals surface area contributed by atoms with Crippen molar-refractivity contribution in [1.29, 1.82) is 5.26 Å². The molecule has 0 bridgehead atoms. The molecule has 2 N–H and O–H groups in total. The highest BCUT2D eigenvalue weighted by Gasteiger charge is 2.25. The molecule has 1 aromatic heterocycles.